The lowest BCUT2D eigenvalue weighted by Crippen LogP contribution is -2.44. The first-order chi connectivity index (χ1) is 9.81. The molecule has 0 radical (unpaired) electrons. The first-order valence-corrected chi connectivity index (χ1v) is 7.32. The average molecular weight is 289 g/mol. The number of nitrogens with one attached hydrogen (secondary N) is 1. The van der Waals surface area contributed by atoms with Crippen LogP contribution >= 0.6 is 0 Å². The Morgan fingerprint density at radius 1 is 1.24 bits per heavy atom. The van der Waals surface area contributed by atoms with E-state index in [0.29, 0.717) is 5.56 Å². The molecule has 0 heterocycles. The number of esters is 1. The van der Waals surface area contributed by atoms with Gasteiger partial charge in [0.05, 0.1) is 12.7 Å². The Bertz CT molecular complexity index is 558. The van der Waals surface area contributed by atoms with Gasteiger partial charge in [0.2, 0.25) is 5.91 Å². The minimum absolute atomic E-state index is 0.0853. The van der Waals surface area contributed by atoms with E-state index in [0.717, 1.165) is 19.3 Å². The fraction of sp³-hybridized carbons (Fsp3) is 0.529. The molecule has 1 aromatic rings. The maximum atomic E-state index is 12.1. The highest BCUT2D eigenvalue weighted by atomic mass is 16.5. The second-order valence-corrected chi connectivity index (χ2v) is 6.64. The number of fused-ring (bicyclic) bond motifs is 1. The summed E-state index contributed by atoms with van der Waals surface area (Å²) in [6.45, 7) is 5.76. The zero-order valence-corrected chi connectivity index (χ0v) is 13.2. The highest BCUT2D eigenvalue weighted by Crippen LogP contribution is 2.24. The summed E-state index contributed by atoms with van der Waals surface area (Å²) in [6.07, 6.45) is 2.59. The van der Waals surface area contributed by atoms with Crippen LogP contribution in [0.4, 0.5) is 0 Å². The third-order valence-corrected chi connectivity index (χ3v) is 3.87. The number of carbonyl (C=O) groups excluding carboxylic acids is 2. The monoisotopic (exact) mass is 289 g/mol. The van der Waals surface area contributed by atoms with Gasteiger partial charge in [-0.1, -0.05) is 26.8 Å². The third kappa shape index (κ3) is 3.63. The Labute approximate surface area is 125 Å². The highest BCUT2D eigenvalue weighted by molar-refractivity contribution is 5.89. The van der Waals surface area contributed by atoms with Gasteiger partial charge in [-0.25, -0.2) is 4.79 Å². The Balaban J connectivity index is 2.08. The van der Waals surface area contributed by atoms with Crippen LogP contribution in [0.3, 0.4) is 0 Å². The molecular weight excluding hydrogens is 266 g/mol. The molecule has 1 atom stereocenters. The molecule has 4 heteroatoms. The fourth-order valence-electron chi connectivity index (χ4n) is 2.52. The van der Waals surface area contributed by atoms with Gasteiger partial charge >= 0.3 is 5.97 Å². The summed E-state index contributed by atoms with van der Waals surface area (Å²) in [5.41, 5.74) is 2.61. The summed E-state index contributed by atoms with van der Waals surface area (Å²) >= 11 is 0. The molecule has 0 fully saturated rings. The normalized spacial score (nSPS) is 17.8. The summed E-state index contributed by atoms with van der Waals surface area (Å²) in [4.78, 5) is 23.6. The van der Waals surface area contributed by atoms with Gasteiger partial charge in [0.25, 0.3) is 0 Å². The topological polar surface area (TPSA) is 55.4 Å². The summed E-state index contributed by atoms with van der Waals surface area (Å²) in [5.74, 6) is -0.219. The van der Waals surface area contributed by atoms with E-state index in [1.54, 1.807) is 6.07 Å². The number of ether oxygens (including phenoxy) is 1. The quantitative estimate of drug-likeness (QED) is 0.851. The molecule has 1 unspecified atom stereocenters. The molecule has 21 heavy (non-hydrogen) atoms. The van der Waals surface area contributed by atoms with Gasteiger partial charge in [-0.2, -0.15) is 0 Å². The van der Waals surface area contributed by atoms with Crippen LogP contribution in [0.1, 0.15) is 48.7 Å². The molecule has 2 rings (SSSR count). The molecule has 4 nitrogen and oxygen atoms in total. The van der Waals surface area contributed by atoms with Crippen molar-refractivity contribution >= 4 is 11.9 Å². The Morgan fingerprint density at radius 3 is 2.57 bits per heavy atom. The van der Waals surface area contributed by atoms with Crippen LogP contribution in [0, 0.1) is 5.41 Å². The number of amides is 1. The van der Waals surface area contributed by atoms with Crippen LogP contribution in [0.5, 0.6) is 0 Å². The molecule has 0 saturated carbocycles. The molecule has 0 aliphatic heterocycles. The van der Waals surface area contributed by atoms with E-state index >= 15 is 0 Å². The van der Waals surface area contributed by atoms with Crippen molar-refractivity contribution in [3.05, 3.63) is 34.9 Å². The number of benzene rings is 1. The molecule has 1 aromatic carbocycles. The van der Waals surface area contributed by atoms with Gasteiger partial charge in [-0.3, -0.25) is 4.79 Å². The molecule has 1 aliphatic carbocycles. The molecule has 0 saturated heterocycles. The van der Waals surface area contributed by atoms with Crippen LogP contribution in [0.15, 0.2) is 18.2 Å². The van der Waals surface area contributed by atoms with E-state index in [9.17, 15) is 9.59 Å². The largest absolute Gasteiger partial charge is 0.465 e. The first kappa shape index (κ1) is 15.5. The van der Waals surface area contributed by atoms with Crippen molar-refractivity contribution in [3.63, 3.8) is 0 Å². The van der Waals surface area contributed by atoms with Gasteiger partial charge in [-0.15, -0.1) is 0 Å². The van der Waals surface area contributed by atoms with E-state index in [-0.39, 0.29) is 23.3 Å². The number of rotatable bonds is 2. The van der Waals surface area contributed by atoms with Gasteiger partial charge in [0, 0.05) is 11.5 Å². The molecule has 0 aromatic heterocycles. The van der Waals surface area contributed by atoms with Crippen molar-refractivity contribution in [2.75, 3.05) is 7.11 Å². The molecule has 1 amide bonds. The second kappa shape index (κ2) is 5.88. The average Bonchev–Trinajstić information content (AvgIpc) is 2.44. The molecule has 114 valence electrons. The molecule has 1 aliphatic rings. The fourth-order valence-corrected chi connectivity index (χ4v) is 2.52. The predicted octanol–water partition coefficient (Wildman–Crippen LogP) is 2.49. The zero-order valence-electron chi connectivity index (χ0n) is 13.2. The number of carbonyl (C=O) groups is 2. The van der Waals surface area contributed by atoms with E-state index in [1.807, 2.05) is 32.9 Å². The lowest BCUT2D eigenvalue weighted by Gasteiger charge is -2.28. The summed E-state index contributed by atoms with van der Waals surface area (Å²) in [5, 5.41) is 3.12. The third-order valence-electron chi connectivity index (χ3n) is 3.87. The van der Waals surface area contributed by atoms with Crippen molar-refractivity contribution < 1.29 is 14.3 Å². The smallest absolute Gasteiger partial charge is 0.337 e. The molecule has 1 N–H and O–H groups in total. The SMILES string of the molecule is COC(=O)c1ccc2c(c1)CCC(NC(=O)C(C)(C)C)C2. The maximum absolute atomic E-state index is 12.1. The van der Waals surface area contributed by atoms with Crippen LogP contribution in [0.2, 0.25) is 0 Å². The maximum Gasteiger partial charge on any atom is 0.337 e. The van der Waals surface area contributed by atoms with Gasteiger partial charge in [0.1, 0.15) is 0 Å². The van der Waals surface area contributed by atoms with Gasteiger partial charge in [-0.05, 0) is 42.5 Å². The molecule has 0 bridgehead atoms. The number of methoxy groups -OCH3 is 1. The lowest BCUT2D eigenvalue weighted by atomic mass is 9.86. The van der Waals surface area contributed by atoms with E-state index in [1.165, 1.54) is 18.2 Å². The van der Waals surface area contributed by atoms with Crippen LogP contribution in [0.25, 0.3) is 0 Å². The molecular formula is C17H23NO3. The predicted molar refractivity (Wildman–Crippen MR) is 81.2 cm³/mol. The molecule has 0 spiro atoms. The van der Waals surface area contributed by atoms with Crippen molar-refractivity contribution in [3.8, 4) is 0 Å². The van der Waals surface area contributed by atoms with E-state index < -0.39 is 0 Å². The van der Waals surface area contributed by atoms with E-state index in [4.69, 9.17) is 4.74 Å². The van der Waals surface area contributed by atoms with Crippen molar-refractivity contribution in [1.82, 2.24) is 5.32 Å². The number of hydrogen-bond donors (Lipinski definition) is 1. The van der Waals surface area contributed by atoms with E-state index in [2.05, 4.69) is 5.32 Å². The summed E-state index contributed by atoms with van der Waals surface area (Å²) < 4.78 is 4.74. The van der Waals surface area contributed by atoms with Crippen molar-refractivity contribution in [2.24, 2.45) is 5.41 Å². The van der Waals surface area contributed by atoms with Crippen LogP contribution in [-0.2, 0) is 22.4 Å². The first-order valence-electron chi connectivity index (χ1n) is 7.32. The minimum Gasteiger partial charge on any atom is -0.465 e. The zero-order chi connectivity index (χ0) is 15.6. The Hall–Kier alpha value is -1.84. The standard InChI is InChI=1S/C17H23NO3/c1-17(2,3)16(20)18-14-8-7-11-9-13(15(19)21-4)6-5-12(11)10-14/h5-6,9,14H,7-8,10H2,1-4H3,(H,18,20). The Kier molecular flexibility index (Phi) is 4.35. The van der Waals surface area contributed by atoms with Gasteiger partial charge in [0.15, 0.2) is 0 Å². The van der Waals surface area contributed by atoms with Crippen LogP contribution < -0.4 is 5.32 Å². The van der Waals surface area contributed by atoms with Crippen LogP contribution in [-0.4, -0.2) is 25.0 Å². The van der Waals surface area contributed by atoms with Crippen molar-refractivity contribution in [1.29, 1.82) is 0 Å². The minimum atomic E-state index is -0.366. The highest BCUT2D eigenvalue weighted by Gasteiger charge is 2.26. The number of aryl methyl sites for hydroxylation is 1. The lowest BCUT2D eigenvalue weighted by molar-refractivity contribution is -0.129. The second-order valence-electron chi connectivity index (χ2n) is 6.64. The summed E-state index contributed by atoms with van der Waals surface area (Å²) in [6, 6.07) is 5.84. The van der Waals surface area contributed by atoms with Crippen molar-refractivity contribution in [2.45, 2.75) is 46.1 Å². The summed E-state index contributed by atoms with van der Waals surface area (Å²) in [7, 11) is 1.39. The Morgan fingerprint density at radius 2 is 1.95 bits per heavy atom. The number of hydrogen-bond acceptors (Lipinski definition) is 3. The van der Waals surface area contributed by atoms with Gasteiger partial charge < -0.3 is 10.1 Å².